The fourth-order valence-corrected chi connectivity index (χ4v) is 2.49. The summed E-state index contributed by atoms with van der Waals surface area (Å²) in [5, 5.41) is 17.9. The van der Waals surface area contributed by atoms with Gasteiger partial charge in [0.15, 0.2) is 5.65 Å². The fraction of sp³-hybridized carbons (Fsp3) is 0.267. The van der Waals surface area contributed by atoms with Crippen LogP contribution in [-0.2, 0) is 4.74 Å². The van der Waals surface area contributed by atoms with Gasteiger partial charge in [-0.15, -0.1) is 0 Å². The van der Waals surface area contributed by atoms with E-state index in [0.717, 1.165) is 11.1 Å². The van der Waals surface area contributed by atoms with Crippen molar-refractivity contribution in [2.24, 2.45) is 0 Å². The first-order chi connectivity index (χ1) is 11.7. The summed E-state index contributed by atoms with van der Waals surface area (Å²) in [5.41, 5.74) is 1.41. The van der Waals surface area contributed by atoms with Crippen LogP contribution in [0.15, 0.2) is 30.7 Å². The van der Waals surface area contributed by atoms with E-state index in [0.29, 0.717) is 41.3 Å². The Morgan fingerprint density at radius 2 is 2.04 bits per heavy atom. The van der Waals surface area contributed by atoms with E-state index in [1.165, 1.54) is 6.33 Å². The number of fused-ring (bicyclic) bond motifs is 1. The number of halogens is 2. The first-order valence-electron chi connectivity index (χ1n) is 7.27. The Balaban J connectivity index is 1.84. The van der Waals surface area contributed by atoms with Crippen LogP contribution in [0.25, 0.3) is 16.7 Å². The van der Waals surface area contributed by atoms with Gasteiger partial charge in [0.05, 0.1) is 47.1 Å². The highest BCUT2D eigenvalue weighted by Gasteiger charge is 2.11. The Bertz CT molecular complexity index is 840. The number of hydrogen-bond acceptors (Lipinski definition) is 6. The molecule has 0 bridgehead atoms. The van der Waals surface area contributed by atoms with E-state index in [2.05, 4.69) is 20.4 Å². The van der Waals surface area contributed by atoms with E-state index in [1.807, 2.05) is 6.07 Å². The van der Waals surface area contributed by atoms with Gasteiger partial charge in [-0.25, -0.2) is 14.6 Å². The summed E-state index contributed by atoms with van der Waals surface area (Å²) in [5.74, 6) is 0.666. The number of rotatable bonds is 7. The molecule has 0 spiro atoms. The maximum atomic E-state index is 8.68. The van der Waals surface area contributed by atoms with Crippen LogP contribution in [0.5, 0.6) is 0 Å². The van der Waals surface area contributed by atoms with E-state index in [-0.39, 0.29) is 6.61 Å². The highest BCUT2D eigenvalue weighted by atomic mass is 35.5. The Hall–Kier alpha value is -1.93. The summed E-state index contributed by atoms with van der Waals surface area (Å²) in [4.78, 5) is 8.53. The molecule has 0 atom stereocenters. The molecule has 126 valence electrons. The Labute approximate surface area is 148 Å². The first-order valence-corrected chi connectivity index (χ1v) is 8.03. The van der Waals surface area contributed by atoms with Gasteiger partial charge in [0.1, 0.15) is 12.1 Å². The van der Waals surface area contributed by atoms with Crippen molar-refractivity contribution in [1.29, 1.82) is 0 Å². The van der Waals surface area contributed by atoms with E-state index >= 15 is 0 Å². The molecule has 3 rings (SSSR count). The predicted octanol–water partition coefficient (Wildman–Crippen LogP) is 2.54. The van der Waals surface area contributed by atoms with E-state index in [9.17, 15) is 0 Å². The van der Waals surface area contributed by atoms with Crippen LogP contribution in [0.1, 0.15) is 0 Å². The third-order valence-corrected chi connectivity index (χ3v) is 4.03. The molecule has 1 aromatic carbocycles. The topological polar surface area (TPSA) is 85.1 Å². The molecule has 9 heteroatoms. The average Bonchev–Trinajstić information content (AvgIpc) is 3.02. The van der Waals surface area contributed by atoms with Crippen LogP contribution >= 0.6 is 23.2 Å². The number of hydrogen-bond donors (Lipinski definition) is 2. The molecule has 0 amide bonds. The van der Waals surface area contributed by atoms with Gasteiger partial charge in [-0.1, -0.05) is 23.2 Å². The number of nitrogens with zero attached hydrogens (tertiary/aromatic N) is 4. The highest BCUT2D eigenvalue weighted by molar-refractivity contribution is 6.42. The third kappa shape index (κ3) is 3.59. The van der Waals surface area contributed by atoms with Gasteiger partial charge in [-0.05, 0) is 18.2 Å². The number of aliphatic hydroxyl groups excluding tert-OH is 1. The molecule has 7 nitrogen and oxygen atoms in total. The Morgan fingerprint density at radius 1 is 1.17 bits per heavy atom. The SMILES string of the molecule is OCCOCCNc1ncnc2c1cnn2-c1ccc(Cl)c(Cl)c1. The van der Waals surface area contributed by atoms with Crippen molar-refractivity contribution in [3.8, 4) is 5.69 Å². The number of aliphatic hydroxyl groups is 1. The van der Waals surface area contributed by atoms with Gasteiger partial charge in [0.2, 0.25) is 0 Å². The fourth-order valence-electron chi connectivity index (χ4n) is 2.20. The van der Waals surface area contributed by atoms with Crippen LogP contribution in [0.4, 0.5) is 5.82 Å². The van der Waals surface area contributed by atoms with Crippen molar-refractivity contribution >= 4 is 40.1 Å². The molecule has 0 aliphatic carbocycles. The quantitative estimate of drug-likeness (QED) is 0.624. The zero-order valence-corrected chi connectivity index (χ0v) is 14.1. The molecular weight excluding hydrogens is 353 g/mol. The highest BCUT2D eigenvalue weighted by Crippen LogP contribution is 2.27. The van der Waals surface area contributed by atoms with Crippen molar-refractivity contribution in [2.75, 3.05) is 31.7 Å². The second-order valence-corrected chi connectivity index (χ2v) is 5.69. The molecule has 0 aliphatic rings. The normalized spacial score (nSPS) is 11.1. The molecular formula is C15H15Cl2N5O2. The monoisotopic (exact) mass is 367 g/mol. The van der Waals surface area contributed by atoms with Crippen molar-refractivity contribution < 1.29 is 9.84 Å². The number of benzene rings is 1. The standard InChI is InChI=1S/C15H15Cl2N5O2/c16-12-2-1-10(7-13(12)17)22-15-11(8-21-22)14(19-9-20-15)18-3-5-24-6-4-23/h1-2,7-9,23H,3-6H2,(H,18,19,20). The second-order valence-electron chi connectivity index (χ2n) is 4.88. The lowest BCUT2D eigenvalue weighted by atomic mass is 10.3. The maximum Gasteiger partial charge on any atom is 0.168 e. The zero-order chi connectivity index (χ0) is 16.9. The maximum absolute atomic E-state index is 8.68. The summed E-state index contributed by atoms with van der Waals surface area (Å²) in [6.45, 7) is 1.35. The number of anilines is 1. The van der Waals surface area contributed by atoms with Gasteiger partial charge < -0.3 is 15.2 Å². The van der Waals surface area contributed by atoms with Crippen LogP contribution in [-0.4, -0.2) is 51.2 Å². The Kier molecular flexibility index (Phi) is 5.47. The molecule has 2 aromatic heterocycles. The van der Waals surface area contributed by atoms with Gasteiger partial charge >= 0.3 is 0 Å². The smallest absolute Gasteiger partial charge is 0.168 e. The van der Waals surface area contributed by atoms with Crippen molar-refractivity contribution in [3.05, 3.63) is 40.8 Å². The molecule has 24 heavy (non-hydrogen) atoms. The number of nitrogens with one attached hydrogen (secondary N) is 1. The minimum absolute atomic E-state index is 0.00811. The molecule has 2 N–H and O–H groups in total. The van der Waals surface area contributed by atoms with Gasteiger partial charge in [-0.3, -0.25) is 0 Å². The first kappa shape index (κ1) is 16.9. The molecule has 0 aliphatic heterocycles. The molecule has 0 radical (unpaired) electrons. The van der Waals surface area contributed by atoms with Crippen LogP contribution < -0.4 is 5.32 Å². The lowest BCUT2D eigenvalue weighted by molar-refractivity contribution is 0.0992. The summed E-state index contributed by atoms with van der Waals surface area (Å²) < 4.78 is 6.88. The Morgan fingerprint density at radius 3 is 2.83 bits per heavy atom. The minimum atomic E-state index is 0.00811. The molecule has 0 unspecified atom stereocenters. The van der Waals surface area contributed by atoms with Crippen LogP contribution in [0, 0.1) is 0 Å². The zero-order valence-electron chi connectivity index (χ0n) is 12.6. The van der Waals surface area contributed by atoms with Crippen molar-refractivity contribution in [3.63, 3.8) is 0 Å². The summed E-state index contributed by atoms with van der Waals surface area (Å²) in [6, 6.07) is 5.26. The van der Waals surface area contributed by atoms with Crippen LogP contribution in [0.3, 0.4) is 0 Å². The molecule has 2 heterocycles. The third-order valence-electron chi connectivity index (χ3n) is 3.29. The van der Waals surface area contributed by atoms with Crippen molar-refractivity contribution in [1.82, 2.24) is 19.7 Å². The van der Waals surface area contributed by atoms with Gasteiger partial charge in [-0.2, -0.15) is 5.10 Å². The van der Waals surface area contributed by atoms with Gasteiger partial charge in [0, 0.05) is 6.54 Å². The average molecular weight is 368 g/mol. The summed E-state index contributed by atoms with van der Waals surface area (Å²) >= 11 is 12.0. The molecule has 0 saturated heterocycles. The van der Waals surface area contributed by atoms with Gasteiger partial charge in [0.25, 0.3) is 0 Å². The molecule has 3 aromatic rings. The summed E-state index contributed by atoms with van der Waals surface area (Å²) in [7, 11) is 0. The molecule has 0 fully saturated rings. The number of aromatic nitrogens is 4. The predicted molar refractivity (Wildman–Crippen MR) is 93.1 cm³/mol. The van der Waals surface area contributed by atoms with E-state index < -0.39 is 0 Å². The van der Waals surface area contributed by atoms with E-state index in [1.54, 1.807) is 23.0 Å². The lowest BCUT2D eigenvalue weighted by Gasteiger charge is -2.07. The lowest BCUT2D eigenvalue weighted by Crippen LogP contribution is -2.12. The number of ether oxygens (including phenoxy) is 1. The van der Waals surface area contributed by atoms with Crippen LogP contribution in [0.2, 0.25) is 10.0 Å². The molecule has 0 saturated carbocycles. The second kappa shape index (κ2) is 7.76. The summed E-state index contributed by atoms with van der Waals surface area (Å²) in [6.07, 6.45) is 3.16. The minimum Gasteiger partial charge on any atom is -0.394 e. The van der Waals surface area contributed by atoms with E-state index in [4.69, 9.17) is 33.0 Å². The van der Waals surface area contributed by atoms with Crippen molar-refractivity contribution in [2.45, 2.75) is 0 Å². The largest absolute Gasteiger partial charge is 0.394 e.